The number of urea groups is 1. The van der Waals surface area contributed by atoms with Gasteiger partial charge in [0.05, 0.1) is 17.3 Å². The number of nitrogens with two attached hydrogens (primary N) is 1. The van der Waals surface area contributed by atoms with Crippen LogP contribution in [0, 0.1) is 5.41 Å². The van der Waals surface area contributed by atoms with Gasteiger partial charge in [-0.2, -0.15) is 0 Å². The van der Waals surface area contributed by atoms with Gasteiger partial charge >= 0.3 is 12.0 Å². The van der Waals surface area contributed by atoms with E-state index in [0.29, 0.717) is 18.5 Å². The van der Waals surface area contributed by atoms with Crippen LogP contribution >= 0.6 is 0 Å². The normalized spacial score (nSPS) is 10.8. The van der Waals surface area contributed by atoms with Crippen molar-refractivity contribution >= 4 is 23.6 Å². The highest BCUT2D eigenvalue weighted by atomic mass is 16.4. The van der Waals surface area contributed by atoms with Crippen LogP contribution in [0.2, 0.25) is 0 Å². The summed E-state index contributed by atoms with van der Waals surface area (Å²) in [6.07, 6.45) is 2.12. The van der Waals surface area contributed by atoms with Crippen LogP contribution in [0.25, 0.3) is 0 Å². The van der Waals surface area contributed by atoms with Crippen molar-refractivity contribution in [2.24, 2.45) is 11.1 Å². The zero-order chi connectivity index (χ0) is 16.8. The van der Waals surface area contributed by atoms with Crippen LogP contribution in [0.5, 0.6) is 0 Å². The average molecular weight is 308 g/mol. The summed E-state index contributed by atoms with van der Waals surface area (Å²) in [6, 6.07) is 2.33. The van der Waals surface area contributed by atoms with Crippen molar-refractivity contribution in [3.63, 3.8) is 0 Å². The molecule has 0 unspecified atom stereocenters. The van der Waals surface area contributed by atoms with Crippen molar-refractivity contribution in [2.75, 3.05) is 11.9 Å². The van der Waals surface area contributed by atoms with Crippen molar-refractivity contribution in [2.45, 2.75) is 26.7 Å². The highest BCUT2D eigenvalue weighted by molar-refractivity contribution is 5.92. The van der Waals surface area contributed by atoms with E-state index in [1.807, 2.05) is 0 Å². The molecule has 1 aromatic heterocycles. The molecule has 1 rings (SSSR count). The fourth-order valence-electron chi connectivity index (χ4n) is 1.92. The fraction of sp³-hybridized carbons (Fsp3) is 0.429. The first-order valence-electron chi connectivity index (χ1n) is 6.88. The number of carbonyl (C=O) groups is 3. The van der Waals surface area contributed by atoms with Crippen LogP contribution in [-0.2, 0) is 4.79 Å². The van der Waals surface area contributed by atoms with Crippen LogP contribution in [0.3, 0.4) is 0 Å². The van der Waals surface area contributed by atoms with Gasteiger partial charge in [-0.3, -0.25) is 9.59 Å². The molecule has 0 saturated heterocycles. The number of rotatable bonds is 7. The van der Waals surface area contributed by atoms with Gasteiger partial charge < -0.3 is 21.5 Å². The number of carbonyl (C=O) groups excluding carboxylic acids is 2. The summed E-state index contributed by atoms with van der Waals surface area (Å²) >= 11 is 0. The van der Waals surface area contributed by atoms with Gasteiger partial charge in [-0.25, -0.2) is 9.78 Å². The monoisotopic (exact) mass is 308 g/mol. The van der Waals surface area contributed by atoms with E-state index in [4.69, 9.17) is 5.73 Å². The van der Waals surface area contributed by atoms with Crippen LogP contribution in [-0.4, -0.2) is 34.5 Å². The number of nitrogens with zero attached hydrogens (tertiary/aromatic N) is 1. The Bertz CT molecular complexity index is 552. The maximum absolute atomic E-state index is 11.8. The number of pyridine rings is 1. The lowest BCUT2D eigenvalue weighted by Gasteiger charge is -2.26. The van der Waals surface area contributed by atoms with E-state index < -0.39 is 23.3 Å². The first kappa shape index (κ1) is 17.4. The summed E-state index contributed by atoms with van der Waals surface area (Å²) in [5, 5.41) is 14.3. The summed E-state index contributed by atoms with van der Waals surface area (Å²) in [5.41, 5.74) is 4.54. The van der Waals surface area contributed by atoms with E-state index in [1.54, 1.807) is 13.8 Å². The highest BCUT2D eigenvalue weighted by Crippen LogP contribution is 2.25. The Morgan fingerprint density at radius 2 is 1.91 bits per heavy atom. The second kappa shape index (κ2) is 7.39. The van der Waals surface area contributed by atoms with Gasteiger partial charge in [-0.05, 0) is 25.0 Å². The predicted molar refractivity (Wildman–Crippen MR) is 80.4 cm³/mol. The zero-order valence-corrected chi connectivity index (χ0v) is 12.5. The van der Waals surface area contributed by atoms with Crippen molar-refractivity contribution < 1.29 is 19.5 Å². The number of hydrogen-bond acceptors (Lipinski definition) is 4. The standard InChI is InChI=1S/C14H20N4O4/c1-3-14(4-2,12(20)21)8-17-13(22)18-9-5-6-10(11(15)19)16-7-9/h5-7H,3-4,8H2,1-2H3,(H2,15,19)(H,20,21)(H2,17,18,22). The third-order valence-corrected chi connectivity index (χ3v) is 3.67. The molecule has 0 bridgehead atoms. The molecule has 22 heavy (non-hydrogen) atoms. The number of carboxylic acids is 1. The number of anilines is 1. The molecule has 120 valence electrons. The van der Waals surface area contributed by atoms with E-state index in [1.165, 1.54) is 18.3 Å². The molecule has 3 amide bonds. The summed E-state index contributed by atoms with van der Waals surface area (Å²) in [4.78, 5) is 37.8. The summed E-state index contributed by atoms with van der Waals surface area (Å²) < 4.78 is 0. The van der Waals surface area contributed by atoms with Gasteiger partial charge in [0.1, 0.15) is 5.69 Å². The number of aromatic nitrogens is 1. The van der Waals surface area contributed by atoms with Gasteiger partial charge in [0.25, 0.3) is 5.91 Å². The van der Waals surface area contributed by atoms with Crippen LogP contribution < -0.4 is 16.4 Å². The molecular formula is C14H20N4O4. The number of carboxylic acid groups (broad SMARTS) is 1. The quantitative estimate of drug-likeness (QED) is 0.600. The topological polar surface area (TPSA) is 134 Å². The molecule has 0 aliphatic rings. The van der Waals surface area contributed by atoms with Gasteiger partial charge in [-0.15, -0.1) is 0 Å². The third kappa shape index (κ3) is 4.18. The van der Waals surface area contributed by atoms with E-state index in [9.17, 15) is 19.5 Å². The van der Waals surface area contributed by atoms with Crippen LogP contribution in [0.1, 0.15) is 37.2 Å². The molecule has 0 aliphatic heterocycles. The molecule has 0 spiro atoms. The first-order valence-corrected chi connectivity index (χ1v) is 6.88. The zero-order valence-electron chi connectivity index (χ0n) is 12.5. The summed E-state index contributed by atoms with van der Waals surface area (Å²) in [6.45, 7) is 3.56. The van der Waals surface area contributed by atoms with Crippen LogP contribution in [0.15, 0.2) is 18.3 Å². The first-order chi connectivity index (χ1) is 10.3. The Hall–Kier alpha value is -2.64. The fourth-order valence-corrected chi connectivity index (χ4v) is 1.92. The van der Waals surface area contributed by atoms with E-state index in [0.717, 1.165) is 0 Å². The van der Waals surface area contributed by atoms with Gasteiger partial charge in [0, 0.05) is 6.54 Å². The molecule has 8 nitrogen and oxygen atoms in total. The molecule has 1 aromatic rings. The van der Waals surface area contributed by atoms with Gasteiger partial charge in [-0.1, -0.05) is 13.8 Å². The Morgan fingerprint density at radius 1 is 1.27 bits per heavy atom. The van der Waals surface area contributed by atoms with Crippen molar-refractivity contribution in [1.29, 1.82) is 0 Å². The molecule has 8 heteroatoms. The second-order valence-electron chi connectivity index (χ2n) is 4.90. The number of amides is 3. The molecular weight excluding hydrogens is 288 g/mol. The van der Waals surface area contributed by atoms with Gasteiger partial charge in [0.15, 0.2) is 0 Å². The van der Waals surface area contributed by atoms with E-state index in [2.05, 4.69) is 15.6 Å². The third-order valence-electron chi connectivity index (χ3n) is 3.67. The molecule has 0 aliphatic carbocycles. The molecule has 0 aromatic carbocycles. The minimum absolute atomic E-state index is 0.0218. The molecule has 0 saturated carbocycles. The predicted octanol–water partition coefficient (Wildman–Crippen LogP) is 1.19. The maximum atomic E-state index is 11.8. The largest absolute Gasteiger partial charge is 0.481 e. The maximum Gasteiger partial charge on any atom is 0.319 e. The SMILES string of the molecule is CCC(CC)(CNC(=O)Nc1ccc(C(N)=O)nc1)C(=O)O. The Morgan fingerprint density at radius 3 is 2.32 bits per heavy atom. The Kier molecular flexibility index (Phi) is 5.85. The summed E-state index contributed by atoms with van der Waals surface area (Å²) in [7, 11) is 0. The van der Waals surface area contributed by atoms with Gasteiger partial charge in [0.2, 0.25) is 0 Å². The number of nitrogens with one attached hydrogen (secondary N) is 2. The molecule has 0 atom stereocenters. The van der Waals surface area contributed by atoms with Crippen molar-refractivity contribution in [3.05, 3.63) is 24.0 Å². The Labute approximate surface area is 128 Å². The summed E-state index contributed by atoms with van der Waals surface area (Å²) in [5.74, 6) is -1.60. The molecule has 0 radical (unpaired) electrons. The van der Waals surface area contributed by atoms with Crippen LogP contribution in [0.4, 0.5) is 10.5 Å². The minimum atomic E-state index is -0.981. The molecule has 1 heterocycles. The lowest BCUT2D eigenvalue weighted by atomic mass is 9.82. The van der Waals surface area contributed by atoms with E-state index in [-0.39, 0.29) is 12.2 Å². The molecule has 5 N–H and O–H groups in total. The lowest BCUT2D eigenvalue weighted by molar-refractivity contribution is -0.149. The lowest BCUT2D eigenvalue weighted by Crippen LogP contribution is -2.43. The second-order valence-corrected chi connectivity index (χ2v) is 4.90. The molecule has 0 fully saturated rings. The van der Waals surface area contributed by atoms with E-state index >= 15 is 0 Å². The smallest absolute Gasteiger partial charge is 0.319 e. The number of aliphatic carboxylic acids is 1. The Balaban J connectivity index is 2.62. The minimum Gasteiger partial charge on any atom is -0.481 e. The number of primary amides is 1. The van der Waals surface area contributed by atoms with Crippen molar-refractivity contribution in [3.8, 4) is 0 Å². The highest BCUT2D eigenvalue weighted by Gasteiger charge is 2.35. The van der Waals surface area contributed by atoms with Crippen molar-refractivity contribution in [1.82, 2.24) is 10.3 Å². The average Bonchev–Trinajstić information content (AvgIpc) is 2.49. The number of hydrogen-bond donors (Lipinski definition) is 4.